The van der Waals surface area contributed by atoms with Gasteiger partial charge in [-0.15, -0.1) is 0 Å². The number of hydrogen-bond acceptors (Lipinski definition) is 2. The monoisotopic (exact) mass is 243 g/mol. The number of aliphatic hydroxyl groups excluding tert-OH is 1. The third-order valence-electron chi connectivity index (χ3n) is 4.05. The fourth-order valence-corrected chi connectivity index (χ4v) is 1.95. The first kappa shape index (κ1) is 16.9. The average molecular weight is 243 g/mol. The molecule has 1 unspecified atom stereocenters. The molecular formula is C15H33NO. The highest BCUT2D eigenvalue weighted by molar-refractivity contribution is 4.85. The first-order valence-electron chi connectivity index (χ1n) is 7.28. The Bertz CT molecular complexity index is 178. The van der Waals surface area contributed by atoms with E-state index < -0.39 is 0 Å². The van der Waals surface area contributed by atoms with Gasteiger partial charge in [0.25, 0.3) is 0 Å². The molecule has 0 amide bonds. The first-order valence-corrected chi connectivity index (χ1v) is 7.28. The molecule has 0 aromatic heterocycles. The summed E-state index contributed by atoms with van der Waals surface area (Å²) in [5.41, 5.74) is -0.109. The molecule has 1 atom stereocenters. The second kappa shape index (κ2) is 8.93. The maximum absolute atomic E-state index is 10.1. The molecule has 0 bridgehead atoms. The van der Waals surface area contributed by atoms with Crippen LogP contribution in [0.2, 0.25) is 0 Å². The Morgan fingerprint density at radius 3 is 1.88 bits per heavy atom. The van der Waals surface area contributed by atoms with Crippen LogP contribution < -0.4 is 0 Å². The van der Waals surface area contributed by atoms with Crippen molar-refractivity contribution in [2.45, 2.75) is 83.8 Å². The van der Waals surface area contributed by atoms with Gasteiger partial charge in [0.1, 0.15) is 0 Å². The van der Waals surface area contributed by atoms with Crippen LogP contribution in [-0.4, -0.2) is 35.7 Å². The van der Waals surface area contributed by atoms with E-state index in [2.05, 4.69) is 25.7 Å². The lowest BCUT2D eigenvalue weighted by atomic mass is 9.91. The zero-order valence-corrected chi connectivity index (χ0v) is 12.6. The second-order valence-corrected chi connectivity index (χ2v) is 5.97. The van der Waals surface area contributed by atoms with Crippen LogP contribution in [0.1, 0.15) is 72.1 Å². The first-order chi connectivity index (χ1) is 7.92. The van der Waals surface area contributed by atoms with Gasteiger partial charge in [-0.2, -0.15) is 0 Å². The van der Waals surface area contributed by atoms with E-state index in [0.29, 0.717) is 0 Å². The van der Waals surface area contributed by atoms with Gasteiger partial charge in [0, 0.05) is 5.54 Å². The lowest BCUT2D eigenvalue weighted by molar-refractivity contribution is 0.0109. The highest BCUT2D eigenvalue weighted by Crippen LogP contribution is 2.20. The molecule has 0 rings (SSSR count). The van der Waals surface area contributed by atoms with Crippen LogP contribution in [0.5, 0.6) is 0 Å². The van der Waals surface area contributed by atoms with Crippen LogP contribution in [0.15, 0.2) is 0 Å². The third-order valence-corrected chi connectivity index (χ3v) is 4.05. The molecule has 0 aliphatic carbocycles. The van der Waals surface area contributed by atoms with Crippen molar-refractivity contribution in [2.75, 3.05) is 14.1 Å². The molecule has 104 valence electrons. The predicted octanol–water partition coefficient (Wildman–Crippen LogP) is 3.83. The zero-order valence-electron chi connectivity index (χ0n) is 12.6. The van der Waals surface area contributed by atoms with Crippen molar-refractivity contribution in [2.24, 2.45) is 0 Å². The SMILES string of the molecule is CCCCCCCCCC(O)C(C)(C)N(C)C. The number of hydrogen-bond donors (Lipinski definition) is 1. The quantitative estimate of drug-likeness (QED) is 0.589. The van der Waals surface area contributed by atoms with Crippen molar-refractivity contribution in [1.29, 1.82) is 0 Å². The number of likely N-dealkylation sites (N-methyl/N-ethyl adjacent to an activating group) is 1. The van der Waals surface area contributed by atoms with Crippen LogP contribution in [0.4, 0.5) is 0 Å². The molecule has 0 aromatic rings. The van der Waals surface area contributed by atoms with Gasteiger partial charge in [-0.1, -0.05) is 51.9 Å². The largest absolute Gasteiger partial charge is 0.391 e. The van der Waals surface area contributed by atoms with Crippen molar-refractivity contribution in [3.05, 3.63) is 0 Å². The van der Waals surface area contributed by atoms with Gasteiger partial charge in [0.15, 0.2) is 0 Å². The van der Waals surface area contributed by atoms with Crippen molar-refractivity contribution in [3.8, 4) is 0 Å². The highest BCUT2D eigenvalue weighted by atomic mass is 16.3. The van der Waals surface area contributed by atoms with Crippen LogP contribution in [0, 0.1) is 0 Å². The minimum atomic E-state index is -0.215. The summed E-state index contributed by atoms with van der Waals surface area (Å²) in [4.78, 5) is 2.11. The molecule has 0 heterocycles. The Balaban J connectivity index is 3.54. The molecule has 1 N–H and O–H groups in total. The summed E-state index contributed by atoms with van der Waals surface area (Å²) >= 11 is 0. The van der Waals surface area contributed by atoms with E-state index in [1.54, 1.807) is 0 Å². The Morgan fingerprint density at radius 1 is 0.941 bits per heavy atom. The molecule has 0 aliphatic heterocycles. The van der Waals surface area contributed by atoms with E-state index in [0.717, 1.165) is 12.8 Å². The van der Waals surface area contributed by atoms with Crippen LogP contribution >= 0.6 is 0 Å². The summed E-state index contributed by atoms with van der Waals surface area (Å²) in [5, 5.41) is 10.1. The lowest BCUT2D eigenvalue weighted by Crippen LogP contribution is -2.48. The smallest absolute Gasteiger partial charge is 0.0718 e. The lowest BCUT2D eigenvalue weighted by Gasteiger charge is -2.37. The van der Waals surface area contributed by atoms with Crippen LogP contribution in [0.25, 0.3) is 0 Å². The number of unbranched alkanes of at least 4 members (excludes halogenated alkanes) is 6. The molecular weight excluding hydrogens is 210 g/mol. The van der Waals surface area contributed by atoms with Gasteiger partial charge < -0.3 is 10.0 Å². The van der Waals surface area contributed by atoms with E-state index in [4.69, 9.17) is 0 Å². The molecule has 17 heavy (non-hydrogen) atoms. The van der Waals surface area contributed by atoms with Crippen molar-refractivity contribution in [3.63, 3.8) is 0 Å². The van der Waals surface area contributed by atoms with Gasteiger partial charge in [0.05, 0.1) is 6.10 Å². The average Bonchev–Trinajstić information content (AvgIpc) is 2.27. The Labute approximate surface area is 108 Å². The van der Waals surface area contributed by atoms with Crippen LogP contribution in [0.3, 0.4) is 0 Å². The Hall–Kier alpha value is -0.0800. The standard InChI is InChI=1S/C15H33NO/c1-6-7-8-9-10-11-12-13-14(17)15(2,3)16(4)5/h14,17H,6-13H2,1-5H3. The molecule has 0 aromatic carbocycles. The molecule has 0 radical (unpaired) electrons. The maximum Gasteiger partial charge on any atom is 0.0718 e. The molecule has 0 spiro atoms. The van der Waals surface area contributed by atoms with Crippen molar-refractivity contribution in [1.82, 2.24) is 4.90 Å². The molecule has 0 saturated carbocycles. The number of nitrogens with zero attached hydrogens (tertiary/aromatic N) is 1. The van der Waals surface area contributed by atoms with E-state index in [9.17, 15) is 5.11 Å². The van der Waals surface area contributed by atoms with E-state index in [1.165, 1.54) is 38.5 Å². The zero-order chi connectivity index (χ0) is 13.3. The number of aliphatic hydroxyl groups is 1. The van der Waals surface area contributed by atoms with Crippen LogP contribution in [-0.2, 0) is 0 Å². The fourth-order valence-electron chi connectivity index (χ4n) is 1.95. The Morgan fingerprint density at radius 2 is 1.41 bits per heavy atom. The summed E-state index contributed by atoms with van der Waals surface area (Å²) in [5.74, 6) is 0. The maximum atomic E-state index is 10.1. The topological polar surface area (TPSA) is 23.5 Å². The normalized spacial score (nSPS) is 14.3. The van der Waals surface area contributed by atoms with E-state index >= 15 is 0 Å². The minimum Gasteiger partial charge on any atom is -0.391 e. The fraction of sp³-hybridized carbons (Fsp3) is 1.00. The van der Waals surface area contributed by atoms with Crippen molar-refractivity contribution < 1.29 is 5.11 Å². The van der Waals surface area contributed by atoms with Gasteiger partial charge in [-0.3, -0.25) is 0 Å². The third kappa shape index (κ3) is 7.05. The van der Waals surface area contributed by atoms with E-state index in [-0.39, 0.29) is 11.6 Å². The molecule has 0 aliphatic rings. The highest BCUT2D eigenvalue weighted by Gasteiger charge is 2.29. The van der Waals surface area contributed by atoms with E-state index in [1.807, 2.05) is 14.1 Å². The minimum absolute atomic E-state index is 0.109. The molecule has 2 nitrogen and oxygen atoms in total. The van der Waals surface area contributed by atoms with Gasteiger partial charge in [-0.25, -0.2) is 0 Å². The predicted molar refractivity (Wildman–Crippen MR) is 76.4 cm³/mol. The van der Waals surface area contributed by atoms with Crippen molar-refractivity contribution >= 4 is 0 Å². The summed E-state index contributed by atoms with van der Waals surface area (Å²) in [6, 6.07) is 0. The summed E-state index contributed by atoms with van der Waals surface area (Å²) in [7, 11) is 4.07. The van der Waals surface area contributed by atoms with Gasteiger partial charge in [0.2, 0.25) is 0 Å². The van der Waals surface area contributed by atoms with Gasteiger partial charge >= 0.3 is 0 Å². The van der Waals surface area contributed by atoms with Gasteiger partial charge in [-0.05, 0) is 34.4 Å². The molecule has 0 fully saturated rings. The second-order valence-electron chi connectivity index (χ2n) is 5.97. The Kier molecular flexibility index (Phi) is 8.89. The molecule has 0 saturated heterocycles. The number of rotatable bonds is 10. The molecule has 2 heteroatoms. The summed E-state index contributed by atoms with van der Waals surface area (Å²) in [6.45, 7) is 6.47. The summed E-state index contributed by atoms with van der Waals surface area (Å²) in [6.07, 6.45) is 9.89. The summed E-state index contributed by atoms with van der Waals surface area (Å²) < 4.78 is 0.